The summed E-state index contributed by atoms with van der Waals surface area (Å²) in [7, 11) is 0. The molecule has 1 aromatic carbocycles. The van der Waals surface area contributed by atoms with E-state index in [1.807, 2.05) is 0 Å². The molecule has 1 aromatic rings. The van der Waals surface area contributed by atoms with Crippen LogP contribution in [-0.4, -0.2) is 210 Å². The van der Waals surface area contributed by atoms with Gasteiger partial charge in [0.05, 0.1) is 37.8 Å². The van der Waals surface area contributed by atoms with Crippen LogP contribution < -0.4 is 32.7 Å². The number of nitrogens with one attached hydrogen (secondary N) is 4. The maximum Gasteiger partial charge on any atom is 0.312 e. The van der Waals surface area contributed by atoms with Gasteiger partial charge in [0.15, 0.2) is 28.9 Å². The molecule has 0 bridgehead atoms. The van der Waals surface area contributed by atoms with Gasteiger partial charge < -0.3 is 47.3 Å². The molecule has 34 heteroatoms. The molecule has 111 heavy (non-hydrogen) atoms. The predicted molar refractivity (Wildman–Crippen MR) is 399 cm³/mol. The highest BCUT2D eigenvalue weighted by atomic mass is 16.5. The first-order chi connectivity index (χ1) is 51.8. The van der Waals surface area contributed by atoms with Gasteiger partial charge in [-0.2, -0.15) is 0 Å². The highest BCUT2D eigenvalue weighted by Crippen LogP contribution is 2.46. The number of imide groups is 4. The number of benzene rings is 1. The second-order valence-electron chi connectivity index (χ2n) is 29.1. The number of aliphatic carboxylic acids is 1. The normalized spacial score (nSPS) is 19.5. The van der Waals surface area contributed by atoms with E-state index >= 15 is 0 Å². The molecule has 13 amide bonds. The summed E-state index contributed by atoms with van der Waals surface area (Å²) in [6.07, 6.45) is 6.40. The number of likely N-dealkylation sites (tertiary alicyclic amines) is 4. The molecule has 0 spiro atoms. The first-order valence-electron chi connectivity index (χ1n) is 37.5. The lowest BCUT2D eigenvalue weighted by molar-refractivity contribution is -0.152. The van der Waals surface area contributed by atoms with Gasteiger partial charge in [-0.3, -0.25) is 115 Å². The lowest BCUT2D eigenvalue weighted by Gasteiger charge is -2.35. The van der Waals surface area contributed by atoms with Crippen LogP contribution in [0.2, 0.25) is 0 Å². The standard InChI is InChI=1S/C29H45N5O8.C12H17NO3.C11H15NO5.C10H16N2O3.C10H13NO3.C5H8O2/c1-5-25(37)31-14-16-41-15-12-26(38)34-27(19(2)3)24(36)17-22(7-6-13-32-29(30)40)28(39)33-23-10-8-21(9-11-23)18-42-20(4)35;1-8-7-10(15)13(11(8)16)12(9(2)14)5-3-4-6-12;1-6-5-9(14)12(11(6)17)8(7(2)13)3-4-10(15)16;1-6-5-9(14)12(10(6)15)8(3-4-11)7(2)13;1-6-5-8(13)11(9(6)14)10(3-4-10)7(2)12;1-4(6)3-5(2)7/h8-11,19,22,27H,5-7,12-18H2,1-4H3,(H,31,37)(H,33,39)(H,34,38)(H3,30,32,40);8H,3-7H2,1-2H3;6,8H,3-5H2,1-2H3,(H,15,16);6,8H,3-5,11H2,1-2H3;6H,3-5H2,1-2H3;3H2,1-2H3/t22-,27+;;2*6?,8-;;/m1.01../s1. The number of primary amides is 1. The monoisotopic (exact) mass is 1560 g/mol. The third-order valence-electron chi connectivity index (χ3n) is 19.2. The molecule has 4 unspecified atom stereocenters. The number of amides is 13. The fourth-order valence-corrected chi connectivity index (χ4v) is 13.0. The number of carbonyl (C=O) groups is 21. The first-order valence-corrected chi connectivity index (χ1v) is 37.5. The van der Waals surface area contributed by atoms with E-state index in [1.165, 1.54) is 58.3 Å². The van der Waals surface area contributed by atoms with Gasteiger partial charge >= 0.3 is 18.0 Å². The first kappa shape index (κ1) is 97.1. The average Bonchev–Trinajstić information content (AvgIpc) is 1.59. The number of Topliss-reactive ketones (excluding diaryl/α,β-unsaturated/α-hetero) is 7. The van der Waals surface area contributed by atoms with Crippen LogP contribution in [0.4, 0.5) is 10.5 Å². The summed E-state index contributed by atoms with van der Waals surface area (Å²) in [5.74, 6) is -7.54. The summed E-state index contributed by atoms with van der Waals surface area (Å²) >= 11 is 0. The number of hydrogen-bond donors (Lipinski definition) is 7. The molecule has 4 heterocycles. The second kappa shape index (κ2) is 46.6. The van der Waals surface area contributed by atoms with Crippen molar-refractivity contribution in [2.75, 3.05) is 38.2 Å². The minimum absolute atomic E-state index is 0.0190. The quantitative estimate of drug-likeness (QED) is 0.0218. The van der Waals surface area contributed by atoms with Gasteiger partial charge in [0.25, 0.3) is 0 Å². The van der Waals surface area contributed by atoms with Crippen molar-refractivity contribution in [3.63, 3.8) is 0 Å². The minimum atomic E-state index is -1.05. The maximum absolute atomic E-state index is 13.3. The van der Waals surface area contributed by atoms with Crippen molar-refractivity contribution in [1.82, 2.24) is 35.6 Å². The summed E-state index contributed by atoms with van der Waals surface area (Å²) in [6, 6.07) is 3.67. The zero-order chi connectivity index (χ0) is 84.5. The Morgan fingerprint density at radius 1 is 0.577 bits per heavy atom. The van der Waals surface area contributed by atoms with Crippen molar-refractivity contribution in [1.29, 1.82) is 0 Å². The van der Waals surface area contributed by atoms with E-state index in [9.17, 15) is 101 Å². The largest absolute Gasteiger partial charge is 0.481 e. The average molecular weight is 1560 g/mol. The number of rotatable bonds is 35. The van der Waals surface area contributed by atoms with Crippen LogP contribution in [0.5, 0.6) is 0 Å². The summed E-state index contributed by atoms with van der Waals surface area (Å²) in [4.78, 5) is 247. The fraction of sp³-hybridized carbons (Fsp3) is 0.649. The van der Waals surface area contributed by atoms with Gasteiger partial charge in [-0.15, -0.1) is 0 Å². The van der Waals surface area contributed by atoms with E-state index in [0.29, 0.717) is 63.6 Å². The van der Waals surface area contributed by atoms with Gasteiger partial charge in [-0.05, 0) is 123 Å². The summed E-state index contributed by atoms with van der Waals surface area (Å²) in [6.45, 7) is 23.2. The fourth-order valence-electron chi connectivity index (χ4n) is 13.0. The molecule has 9 N–H and O–H groups in total. The Kier molecular flexibility index (Phi) is 40.8. The van der Waals surface area contributed by atoms with Crippen molar-refractivity contribution >= 4 is 129 Å². The summed E-state index contributed by atoms with van der Waals surface area (Å²) in [5.41, 5.74) is 10.2. The molecule has 8 atom stereocenters. The number of carboxylic acid groups (broad SMARTS) is 1. The van der Waals surface area contributed by atoms with Crippen LogP contribution in [0.1, 0.15) is 224 Å². The van der Waals surface area contributed by atoms with E-state index < -0.39 is 64.9 Å². The van der Waals surface area contributed by atoms with E-state index in [0.717, 1.165) is 28.2 Å². The van der Waals surface area contributed by atoms with Crippen molar-refractivity contribution in [2.24, 2.45) is 47.0 Å². The zero-order valence-corrected chi connectivity index (χ0v) is 66.5. The Balaban J connectivity index is 0.000000499. The lowest BCUT2D eigenvalue weighted by Crippen LogP contribution is -2.54. The highest BCUT2D eigenvalue weighted by molar-refractivity contribution is 6.11. The molecule has 4 aliphatic heterocycles. The predicted octanol–water partition coefficient (Wildman–Crippen LogP) is 4.02. The number of nitrogens with zero attached hydrogens (tertiary/aromatic N) is 4. The Hall–Kier alpha value is -9.99. The Bertz CT molecular complexity index is 3590. The third kappa shape index (κ3) is 30.7. The number of nitrogens with two attached hydrogens (primary N) is 2. The highest BCUT2D eigenvalue weighted by Gasteiger charge is 2.59. The number of urea groups is 1. The van der Waals surface area contributed by atoms with Crippen LogP contribution in [0.25, 0.3) is 0 Å². The van der Waals surface area contributed by atoms with Crippen LogP contribution >= 0.6 is 0 Å². The molecule has 7 rings (SSSR count). The van der Waals surface area contributed by atoms with Gasteiger partial charge in [-0.25, -0.2) is 4.79 Å². The maximum atomic E-state index is 13.3. The molecule has 616 valence electrons. The molecular weight excluding hydrogens is 1450 g/mol. The van der Waals surface area contributed by atoms with Gasteiger partial charge in [0, 0.05) is 107 Å². The summed E-state index contributed by atoms with van der Waals surface area (Å²) in [5, 5.41) is 19.3. The number of ether oxygens (including phenoxy) is 2. The minimum Gasteiger partial charge on any atom is -0.481 e. The van der Waals surface area contributed by atoms with Crippen LogP contribution in [0.3, 0.4) is 0 Å². The molecule has 6 aliphatic rings. The summed E-state index contributed by atoms with van der Waals surface area (Å²) < 4.78 is 10.4. The van der Waals surface area contributed by atoms with Crippen LogP contribution in [0, 0.1) is 35.5 Å². The Morgan fingerprint density at radius 3 is 1.40 bits per heavy atom. The molecule has 4 saturated heterocycles. The van der Waals surface area contributed by atoms with Gasteiger partial charge in [0.1, 0.15) is 29.3 Å². The third-order valence-corrected chi connectivity index (χ3v) is 19.2. The second-order valence-corrected chi connectivity index (χ2v) is 29.1. The van der Waals surface area contributed by atoms with E-state index in [2.05, 4.69) is 21.3 Å². The van der Waals surface area contributed by atoms with Crippen molar-refractivity contribution in [3.05, 3.63) is 29.8 Å². The SMILES string of the molecule is CC(=O)C1(N2C(=O)CC(C)C2=O)CC1.CC(=O)C1(N2C(=O)CC(C)C2=O)CCCC1.CC(=O)CC(C)=O.CC(=O)[C@@H](CCN)N1C(=O)CC(C)C1=O.CC(=O)[C@H](CCC(=O)O)N1C(=O)CC(C)C1=O.CCC(=O)NCCOCCC(=O)N[C@H](C(=O)C[C@@H](CCCNC(N)=O)C(=O)Nc1ccc(COC(C)=O)cc1)C(C)C. The smallest absolute Gasteiger partial charge is 0.312 e. The molecule has 2 aliphatic carbocycles. The number of hydrogen-bond acceptors (Lipinski definition) is 24. The van der Waals surface area contributed by atoms with Crippen LogP contribution in [-0.2, 0) is 112 Å². The van der Waals surface area contributed by atoms with Crippen molar-refractivity contribution in [2.45, 2.75) is 255 Å². The van der Waals surface area contributed by atoms with Crippen LogP contribution in [0.15, 0.2) is 24.3 Å². The van der Waals surface area contributed by atoms with E-state index in [4.69, 9.17) is 26.0 Å². The molecule has 0 aromatic heterocycles. The number of ketones is 7. The molecular formula is C77H114N10O24. The molecule has 6 fully saturated rings. The van der Waals surface area contributed by atoms with E-state index in [1.54, 1.807) is 72.7 Å². The van der Waals surface area contributed by atoms with Gasteiger partial charge in [-0.1, -0.05) is 73.4 Å². The topological polar surface area (TPSA) is 510 Å². The number of esters is 1. The number of carbonyl (C=O) groups excluding carboxylic acids is 20. The lowest BCUT2D eigenvalue weighted by atomic mass is 9.89. The van der Waals surface area contributed by atoms with Gasteiger partial charge in [0.2, 0.25) is 65.0 Å². The van der Waals surface area contributed by atoms with Crippen molar-refractivity contribution < 1.29 is 115 Å². The molecule has 0 radical (unpaired) electrons. The molecule has 34 nitrogen and oxygen atoms in total. The van der Waals surface area contributed by atoms with E-state index in [-0.39, 0.29) is 214 Å². The Morgan fingerprint density at radius 2 is 1.04 bits per heavy atom. The number of anilines is 1. The zero-order valence-electron chi connectivity index (χ0n) is 66.5. The van der Waals surface area contributed by atoms with Crippen molar-refractivity contribution in [3.8, 4) is 0 Å². The Labute approximate surface area is 647 Å². The molecule has 2 saturated carbocycles. The number of carboxylic acids is 1.